The summed E-state index contributed by atoms with van der Waals surface area (Å²) >= 11 is 0. The molecule has 1 rings (SSSR count). The van der Waals surface area contributed by atoms with E-state index >= 15 is 0 Å². The lowest BCUT2D eigenvalue weighted by Gasteiger charge is -2.33. The molecule has 1 heterocycles. The molecule has 0 amide bonds. The van der Waals surface area contributed by atoms with Gasteiger partial charge in [-0.3, -0.25) is 0 Å². The molecule has 0 aromatic heterocycles. The first-order chi connectivity index (χ1) is 6.48. The molecule has 0 spiro atoms. The highest BCUT2D eigenvalue weighted by Crippen LogP contribution is 2.19. The predicted octanol–water partition coefficient (Wildman–Crippen LogP) is 1.20. The Kier molecular flexibility index (Phi) is 3.95. The molecule has 84 valence electrons. The normalized spacial score (nSPS) is 32.0. The molecule has 1 fully saturated rings. The van der Waals surface area contributed by atoms with Crippen LogP contribution in [0.1, 0.15) is 33.6 Å². The van der Waals surface area contributed by atoms with E-state index in [0.717, 1.165) is 12.8 Å². The first kappa shape index (κ1) is 12.0. The second kappa shape index (κ2) is 4.62. The molecule has 1 saturated heterocycles. The number of nitrogens with one attached hydrogen (secondary N) is 1. The molecule has 0 aromatic carbocycles. The van der Waals surface area contributed by atoms with Crippen LogP contribution in [-0.4, -0.2) is 32.0 Å². The maximum absolute atomic E-state index is 11.6. The molecule has 0 saturated carbocycles. The zero-order valence-corrected chi connectivity index (χ0v) is 10.1. The van der Waals surface area contributed by atoms with Gasteiger partial charge in [-0.15, -0.1) is 0 Å². The quantitative estimate of drug-likeness (QED) is 0.776. The van der Waals surface area contributed by atoms with Crippen LogP contribution in [0.5, 0.6) is 0 Å². The summed E-state index contributed by atoms with van der Waals surface area (Å²) in [6, 6.07) is 0.276. The highest BCUT2D eigenvalue weighted by Gasteiger charge is 2.32. The zero-order valence-electron chi connectivity index (χ0n) is 9.29. The molecule has 2 atom stereocenters. The van der Waals surface area contributed by atoms with E-state index in [1.54, 1.807) is 0 Å². The van der Waals surface area contributed by atoms with Gasteiger partial charge in [-0.25, -0.2) is 8.42 Å². The molecule has 0 unspecified atom stereocenters. The van der Waals surface area contributed by atoms with Crippen molar-refractivity contribution in [3.05, 3.63) is 0 Å². The fourth-order valence-corrected chi connectivity index (χ4v) is 4.22. The Morgan fingerprint density at radius 3 is 2.29 bits per heavy atom. The topological polar surface area (TPSA) is 46.2 Å². The summed E-state index contributed by atoms with van der Waals surface area (Å²) < 4.78 is 23.1. The standard InChI is InChI=1S/C10H21NO2S/c1-4-9(5-2)10-7-14(12,13)6-8(3)11-10/h8-11H,4-7H2,1-3H3/t8-,10-/m1/s1. The lowest BCUT2D eigenvalue weighted by Crippen LogP contribution is -2.53. The van der Waals surface area contributed by atoms with Gasteiger partial charge in [0.25, 0.3) is 0 Å². The lowest BCUT2D eigenvalue weighted by atomic mass is 9.95. The molecule has 1 N–H and O–H groups in total. The lowest BCUT2D eigenvalue weighted by molar-refractivity contribution is 0.325. The van der Waals surface area contributed by atoms with Gasteiger partial charge in [-0.1, -0.05) is 26.7 Å². The third kappa shape index (κ3) is 2.95. The van der Waals surface area contributed by atoms with Gasteiger partial charge in [-0.2, -0.15) is 0 Å². The van der Waals surface area contributed by atoms with Crippen LogP contribution < -0.4 is 5.32 Å². The Balaban J connectivity index is 2.71. The van der Waals surface area contributed by atoms with Gasteiger partial charge in [0.2, 0.25) is 0 Å². The molecular weight excluding hydrogens is 198 g/mol. The van der Waals surface area contributed by atoms with Gasteiger partial charge in [-0.05, 0) is 12.8 Å². The summed E-state index contributed by atoms with van der Waals surface area (Å²) in [6.45, 7) is 6.20. The molecular formula is C10H21NO2S. The predicted molar refractivity (Wildman–Crippen MR) is 59.1 cm³/mol. The number of rotatable bonds is 3. The van der Waals surface area contributed by atoms with E-state index < -0.39 is 9.84 Å². The van der Waals surface area contributed by atoms with Gasteiger partial charge < -0.3 is 5.32 Å². The van der Waals surface area contributed by atoms with Crippen LogP contribution in [0, 0.1) is 5.92 Å². The van der Waals surface area contributed by atoms with Crippen molar-refractivity contribution in [1.29, 1.82) is 0 Å². The molecule has 3 nitrogen and oxygen atoms in total. The molecule has 1 aliphatic rings. The van der Waals surface area contributed by atoms with Crippen LogP contribution in [0.3, 0.4) is 0 Å². The second-order valence-corrected chi connectivity index (χ2v) is 6.48. The monoisotopic (exact) mass is 219 g/mol. The molecule has 1 aliphatic heterocycles. The smallest absolute Gasteiger partial charge is 0.153 e. The maximum atomic E-state index is 11.6. The Morgan fingerprint density at radius 1 is 1.29 bits per heavy atom. The van der Waals surface area contributed by atoms with Gasteiger partial charge in [0.05, 0.1) is 11.5 Å². The van der Waals surface area contributed by atoms with Crippen LogP contribution in [0.25, 0.3) is 0 Å². The van der Waals surface area contributed by atoms with Crippen molar-refractivity contribution < 1.29 is 8.42 Å². The van der Waals surface area contributed by atoms with Crippen molar-refractivity contribution >= 4 is 9.84 Å². The Labute approximate surface area is 87.2 Å². The van der Waals surface area contributed by atoms with Crippen LogP contribution in [0.2, 0.25) is 0 Å². The summed E-state index contributed by atoms with van der Waals surface area (Å²) in [4.78, 5) is 0. The Bertz CT molecular complexity index is 270. The summed E-state index contributed by atoms with van der Waals surface area (Å²) in [7, 11) is -2.81. The van der Waals surface area contributed by atoms with Crippen molar-refractivity contribution in [3.8, 4) is 0 Å². The number of sulfone groups is 1. The van der Waals surface area contributed by atoms with Gasteiger partial charge in [0.1, 0.15) is 0 Å². The molecule has 0 radical (unpaired) electrons. The highest BCUT2D eigenvalue weighted by atomic mass is 32.2. The van der Waals surface area contributed by atoms with Crippen molar-refractivity contribution in [2.75, 3.05) is 11.5 Å². The van der Waals surface area contributed by atoms with Gasteiger partial charge >= 0.3 is 0 Å². The van der Waals surface area contributed by atoms with Crippen LogP contribution in [0.4, 0.5) is 0 Å². The summed E-state index contributed by atoms with van der Waals surface area (Å²) in [5.41, 5.74) is 0. The van der Waals surface area contributed by atoms with Crippen LogP contribution in [-0.2, 0) is 9.84 Å². The summed E-state index contributed by atoms with van der Waals surface area (Å²) in [6.07, 6.45) is 2.10. The van der Waals surface area contributed by atoms with E-state index in [-0.39, 0.29) is 12.1 Å². The minimum absolute atomic E-state index is 0.111. The largest absolute Gasteiger partial charge is 0.309 e. The van der Waals surface area contributed by atoms with E-state index in [4.69, 9.17) is 0 Å². The average molecular weight is 219 g/mol. The zero-order chi connectivity index (χ0) is 10.8. The minimum atomic E-state index is -2.81. The third-order valence-electron chi connectivity index (χ3n) is 3.05. The van der Waals surface area contributed by atoms with Crippen molar-refractivity contribution in [2.24, 2.45) is 5.92 Å². The molecule has 0 aliphatic carbocycles. The second-order valence-electron chi connectivity index (χ2n) is 4.33. The van der Waals surface area contributed by atoms with Crippen LogP contribution >= 0.6 is 0 Å². The molecule has 0 aromatic rings. The van der Waals surface area contributed by atoms with Gasteiger partial charge in [0.15, 0.2) is 9.84 Å². The van der Waals surface area contributed by atoms with E-state index in [2.05, 4.69) is 19.2 Å². The first-order valence-electron chi connectivity index (χ1n) is 5.45. The maximum Gasteiger partial charge on any atom is 0.153 e. The Morgan fingerprint density at radius 2 is 1.86 bits per heavy atom. The van der Waals surface area contributed by atoms with E-state index in [0.29, 0.717) is 17.4 Å². The van der Waals surface area contributed by atoms with Gasteiger partial charge in [0, 0.05) is 12.1 Å². The van der Waals surface area contributed by atoms with Crippen LogP contribution in [0.15, 0.2) is 0 Å². The molecule has 4 heteroatoms. The molecule has 0 bridgehead atoms. The summed E-state index contributed by atoms with van der Waals surface area (Å²) in [5.74, 6) is 1.11. The van der Waals surface area contributed by atoms with Crippen molar-refractivity contribution in [3.63, 3.8) is 0 Å². The average Bonchev–Trinajstić information content (AvgIpc) is 2.02. The SMILES string of the molecule is CCC(CC)[C@H]1CS(=O)(=O)C[C@@H](C)N1. The number of hydrogen-bond acceptors (Lipinski definition) is 3. The van der Waals surface area contributed by atoms with E-state index in [9.17, 15) is 8.42 Å². The van der Waals surface area contributed by atoms with E-state index in [1.807, 2.05) is 6.92 Å². The minimum Gasteiger partial charge on any atom is -0.309 e. The fourth-order valence-electron chi connectivity index (χ4n) is 2.31. The highest BCUT2D eigenvalue weighted by molar-refractivity contribution is 7.91. The number of hydrogen-bond donors (Lipinski definition) is 1. The van der Waals surface area contributed by atoms with Crippen molar-refractivity contribution in [1.82, 2.24) is 5.32 Å². The Hall–Kier alpha value is -0.0900. The first-order valence-corrected chi connectivity index (χ1v) is 7.27. The molecule has 14 heavy (non-hydrogen) atoms. The van der Waals surface area contributed by atoms with Crippen molar-refractivity contribution in [2.45, 2.75) is 45.7 Å². The third-order valence-corrected chi connectivity index (χ3v) is 4.93. The fraction of sp³-hybridized carbons (Fsp3) is 1.00. The summed E-state index contributed by atoms with van der Waals surface area (Å²) in [5, 5.41) is 3.39. The van der Waals surface area contributed by atoms with E-state index in [1.165, 1.54) is 0 Å².